The van der Waals surface area contributed by atoms with Crippen molar-refractivity contribution in [2.24, 2.45) is 0 Å². The first kappa shape index (κ1) is 30.2. The van der Waals surface area contributed by atoms with Crippen LogP contribution in [0.1, 0.15) is 82.8 Å². The summed E-state index contributed by atoms with van der Waals surface area (Å²) >= 11 is 1.54. The van der Waals surface area contributed by atoms with Gasteiger partial charge in [-0.05, 0) is 75.6 Å². The van der Waals surface area contributed by atoms with Gasteiger partial charge in [0.1, 0.15) is 17.8 Å². The maximum Gasteiger partial charge on any atom is 0.246 e. The maximum atomic E-state index is 12.3. The third kappa shape index (κ3) is 11.3. The Hall–Kier alpha value is -2.99. The van der Waals surface area contributed by atoms with Crippen molar-refractivity contribution >= 4 is 36.1 Å². The van der Waals surface area contributed by atoms with Gasteiger partial charge >= 0.3 is 0 Å². The maximum absolute atomic E-state index is 12.3. The molecule has 2 aromatic rings. The third-order valence-corrected chi connectivity index (χ3v) is 7.13. The van der Waals surface area contributed by atoms with Crippen molar-refractivity contribution in [2.45, 2.75) is 81.4 Å². The van der Waals surface area contributed by atoms with E-state index >= 15 is 0 Å². The molecule has 2 N–H and O–H groups in total. The number of hydrogen-bond donors (Lipinski definition) is 2. The number of rotatable bonds is 5. The van der Waals surface area contributed by atoms with Gasteiger partial charge in [0.25, 0.3) is 0 Å². The molecule has 2 fully saturated rings. The molecule has 0 unspecified atom stereocenters. The molecule has 200 valence electrons. The molecule has 37 heavy (non-hydrogen) atoms. The number of phenols is 2. The number of carbonyl (C=O) groups is 2. The molecule has 0 bridgehead atoms. The number of allylic oxidation sites excluding steroid dienone is 1. The summed E-state index contributed by atoms with van der Waals surface area (Å²) in [5.74, 6) is 0.382. The highest BCUT2D eigenvalue weighted by Gasteiger charge is 2.14. The minimum Gasteiger partial charge on any atom is -0.507 e. The van der Waals surface area contributed by atoms with Gasteiger partial charge in [-0.1, -0.05) is 62.4 Å². The predicted molar refractivity (Wildman–Crippen MR) is 154 cm³/mol. The van der Waals surface area contributed by atoms with Crippen LogP contribution in [0.15, 0.2) is 58.3 Å². The third-order valence-electron chi connectivity index (χ3n) is 6.15. The molecule has 1 amide bonds. The van der Waals surface area contributed by atoms with E-state index in [1.54, 1.807) is 24.3 Å². The molecule has 0 aromatic heterocycles. The van der Waals surface area contributed by atoms with Crippen LogP contribution in [-0.4, -0.2) is 40.4 Å². The van der Waals surface area contributed by atoms with E-state index in [0.717, 1.165) is 47.6 Å². The van der Waals surface area contributed by atoms with Gasteiger partial charge in [-0.15, -0.1) is 0 Å². The van der Waals surface area contributed by atoms with Crippen molar-refractivity contribution in [3.8, 4) is 11.5 Å². The van der Waals surface area contributed by atoms with E-state index in [1.165, 1.54) is 63.6 Å². The van der Waals surface area contributed by atoms with E-state index in [2.05, 4.69) is 0 Å². The lowest BCUT2D eigenvalue weighted by molar-refractivity contribution is -0.126. The topological polar surface area (TPSA) is 77.8 Å². The lowest BCUT2D eigenvalue weighted by Crippen LogP contribution is -2.34. The monoisotopic (exact) mass is 523 g/mol. The second-order valence-corrected chi connectivity index (χ2v) is 10.3. The van der Waals surface area contributed by atoms with Gasteiger partial charge in [0.15, 0.2) is 0 Å². The SMILES string of the molecule is C/C=C/c1cc(Sc2ccc(O)c(/C=C/C(=O)N3CCCCC3)c2)ccc1O.C1CCCCC1.CC=O. The Morgan fingerprint density at radius 1 is 0.757 bits per heavy atom. The van der Waals surface area contributed by atoms with Crippen molar-refractivity contribution in [3.63, 3.8) is 0 Å². The van der Waals surface area contributed by atoms with Gasteiger partial charge < -0.3 is 19.9 Å². The van der Waals surface area contributed by atoms with Crippen LogP contribution in [0.4, 0.5) is 0 Å². The Bertz CT molecular complexity index is 1030. The van der Waals surface area contributed by atoms with Gasteiger partial charge in [-0.2, -0.15) is 0 Å². The number of aldehydes is 1. The molecule has 4 rings (SSSR count). The fourth-order valence-electron chi connectivity index (χ4n) is 4.22. The lowest BCUT2D eigenvalue weighted by Gasteiger charge is -2.25. The number of amides is 1. The number of phenolic OH excluding ortho intramolecular Hbond substituents is 2. The van der Waals surface area contributed by atoms with E-state index in [4.69, 9.17) is 4.79 Å². The molecule has 0 atom stereocenters. The Kier molecular flexibility index (Phi) is 14.3. The van der Waals surface area contributed by atoms with E-state index in [0.29, 0.717) is 5.56 Å². The molecule has 1 saturated heterocycles. The first-order chi connectivity index (χ1) is 18.0. The van der Waals surface area contributed by atoms with Crippen LogP contribution < -0.4 is 0 Å². The molecule has 1 aliphatic heterocycles. The van der Waals surface area contributed by atoms with Crippen molar-refractivity contribution in [3.05, 3.63) is 59.7 Å². The van der Waals surface area contributed by atoms with Gasteiger partial charge in [-0.3, -0.25) is 4.79 Å². The minimum atomic E-state index is -0.00770. The van der Waals surface area contributed by atoms with Crippen LogP contribution in [0.25, 0.3) is 12.2 Å². The molecular formula is C31H41NO4S. The van der Waals surface area contributed by atoms with Gasteiger partial charge in [0.2, 0.25) is 5.91 Å². The second-order valence-electron chi connectivity index (χ2n) is 9.12. The molecule has 2 aliphatic rings. The molecule has 5 nitrogen and oxygen atoms in total. The van der Waals surface area contributed by atoms with Crippen LogP contribution in [-0.2, 0) is 9.59 Å². The second kappa shape index (κ2) is 17.5. The Morgan fingerprint density at radius 2 is 1.19 bits per heavy atom. The van der Waals surface area contributed by atoms with Crippen LogP contribution in [0.3, 0.4) is 0 Å². The van der Waals surface area contributed by atoms with E-state index in [1.807, 2.05) is 48.2 Å². The average molecular weight is 524 g/mol. The number of nitrogens with zero attached hydrogens (tertiary/aromatic N) is 1. The minimum absolute atomic E-state index is 0.00770. The first-order valence-electron chi connectivity index (χ1n) is 13.3. The highest BCUT2D eigenvalue weighted by Crippen LogP contribution is 2.34. The summed E-state index contributed by atoms with van der Waals surface area (Å²) in [5, 5.41) is 20.1. The van der Waals surface area contributed by atoms with Crippen LogP contribution in [0.2, 0.25) is 0 Å². The fourth-order valence-corrected chi connectivity index (χ4v) is 5.13. The Labute approximate surface area is 226 Å². The summed E-state index contributed by atoms with van der Waals surface area (Å²) in [7, 11) is 0. The summed E-state index contributed by atoms with van der Waals surface area (Å²) in [6.07, 6.45) is 20.0. The molecule has 2 aromatic carbocycles. The molecule has 1 saturated carbocycles. The molecular weight excluding hydrogens is 482 g/mol. The zero-order valence-electron chi connectivity index (χ0n) is 22.2. The first-order valence-corrected chi connectivity index (χ1v) is 14.1. The number of carbonyl (C=O) groups excluding carboxylic acids is 2. The van der Waals surface area contributed by atoms with Crippen LogP contribution in [0, 0.1) is 0 Å². The molecule has 0 radical (unpaired) electrons. The molecule has 1 heterocycles. The van der Waals surface area contributed by atoms with E-state index in [-0.39, 0.29) is 17.4 Å². The Morgan fingerprint density at radius 3 is 1.65 bits per heavy atom. The lowest BCUT2D eigenvalue weighted by atomic mass is 10.0. The van der Waals surface area contributed by atoms with E-state index in [9.17, 15) is 15.0 Å². The smallest absolute Gasteiger partial charge is 0.246 e. The number of aromatic hydroxyl groups is 2. The Balaban J connectivity index is 0.000000454. The number of benzene rings is 2. The summed E-state index contributed by atoms with van der Waals surface area (Å²) in [6.45, 7) is 4.96. The standard InChI is InChI=1S/C23H25NO3S.C6H12.C2H4O/c1-2-6-17-15-19(8-10-21(17)25)28-20-9-11-22(26)18(16-20)7-12-23(27)24-13-4-3-5-14-24;1-2-4-6-5-3-1;1-2-3/h2,6-12,15-16,25-26H,3-5,13-14H2,1H3;1-6H2;2H,1H3/b6-2+,12-7+;;. The number of piperidine rings is 1. The summed E-state index contributed by atoms with van der Waals surface area (Å²) in [5.41, 5.74) is 1.38. The fraction of sp³-hybridized carbons (Fsp3) is 0.419. The van der Waals surface area contributed by atoms with Gasteiger partial charge in [0, 0.05) is 40.1 Å². The zero-order valence-corrected chi connectivity index (χ0v) is 23.0. The largest absolute Gasteiger partial charge is 0.507 e. The highest BCUT2D eigenvalue weighted by molar-refractivity contribution is 7.99. The normalized spacial score (nSPS) is 15.5. The summed E-state index contributed by atoms with van der Waals surface area (Å²) in [6, 6.07) is 10.8. The number of likely N-dealkylation sites (tertiary alicyclic amines) is 1. The number of hydrogen-bond acceptors (Lipinski definition) is 5. The molecule has 1 aliphatic carbocycles. The summed E-state index contributed by atoms with van der Waals surface area (Å²) in [4.78, 5) is 24.9. The van der Waals surface area contributed by atoms with Crippen molar-refractivity contribution in [1.29, 1.82) is 0 Å². The van der Waals surface area contributed by atoms with Gasteiger partial charge in [-0.25, -0.2) is 0 Å². The predicted octanol–water partition coefficient (Wildman–Crippen LogP) is 7.85. The van der Waals surface area contributed by atoms with E-state index < -0.39 is 0 Å². The summed E-state index contributed by atoms with van der Waals surface area (Å²) < 4.78 is 0. The van der Waals surface area contributed by atoms with Crippen LogP contribution in [0.5, 0.6) is 11.5 Å². The highest BCUT2D eigenvalue weighted by atomic mass is 32.2. The quantitative estimate of drug-likeness (QED) is 0.308. The van der Waals surface area contributed by atoms with Crippen molar-refractivity contribution < 1.29 is 19.8 Å². The van der Waals surface area contributed by atoms with Crippen molar-refractivity contribution in [2.75, 3.05) is 13.1 Å². The average Bonchev–Trinajstić information content (AvgIpc) is 2.93. The van der Waals surface area contributed by atoms with Crippen molar-refractivity contribution in [1.82, 2.24) is 4.90 Å². The van der Waals surface area contributed by atoms with Crippen LogP contribution >= 0.6 is 11.8 Å². The molecule has 6 heteroatoms. The van der Waals surface area contributed by atoms with Gasteiger partial charge in [0.05, 0.1) is 0 Å². The zero-order chi connectivity index (χ0) is 26.9. The molecule has 0 spiro atoms.